The number of thioether (sulfide) groups is 1. The molecule has 0 aromatic heterocycles. The number of carbonyl (C=O) groups excluding carboxylic acids is 3. The number of methoxy groups -OCH3 is 1. The van der Waals surface area contributed by atoms with E-state index in [9.17, 15) is 19.5 Å². The van der Waals surface area contributed by atoms with Crippen LogP contribution >= 0.6 is 24.0 Å². The number of ether oxygens (including phenoxy) is 1. The number of aliphatic carboxylic acids is 1. The minimum absolute atomic E-state index is 0.0670. The van der Waals surface area contributed by atoms with E-state index in [4.69, 9.17) is 12.2 Å². The van der Waals surface area contributed by atoms with Crippen LogP contribution in [0.3, 0.4) is 0 Å². The molecule has 1 aromatic carbocycles. The molecule has 1 saturated heterocycles. The fourth-order valence-corrected chi connectivity index (χ4v) is 3.84. The second kappa shape index (κ2) is 8.46. The Labute approximate surface area is 161 Å². The molecule has 138 valence electrons. The Morgan fingerprint density at radius 2 is 1.92 bits per heavy atom. The molecular weight excluding hydrogens is 374 g/mol. The lowest BCUT2D eigenvalue weighted by Crippen LogP contribution is -2.50. The molecule has 1 aromatic rings. The van der Waals surface area contributed by atoms with Crippen molar-refractivity contribution >= 4 is 52.2 Å². The molecule has 0 saturated carbocycles. The van der Waals surface area contributed by atoms with Crippen LogP contribution in [0.4, 0.5) is 0 Å². The largest absolute Gasteiger partial charge is 0.548 e. The average Bonchev–Trinajstić information content (AvgIpc) is 2.86. The Morgan fingerprint density at radius 3 is 2.42 bits per heavy atom. The Balaban J connectivity index is 2.25. The van der Waals surface area contributed by atoms with Crippen LogP contribution in [0.5, 0.6) is 0 Å². The molecule has 0 aliphatic carbocycles. The average molecular weight is 392 g/mol. The Hall–Kier alpha value is -2.19. The van der Waals surface area contributed by atoms with Crippen molar-refractivity contribution in [2.45, 2.75) is 26.3 Å². The van der Waals surface area contributed by atoms with E-state index in [1.807, 2.05) is 13.8 Å². The zero-order valence-electron chi connectivity index (χ0n) is 14.6. The lowest BCUT2D eigenvalue weighted by atomic mass is 10.0. The van der Waals surface area contributed by atoms with Gasteiger partial charge >= 0.3 is 5.97 Å². The number of carboxylic acids is 1. The van der Waals surface area contributed by atoms with Gasteiger partial charge in [0.25, 0.3) is 5.91 Å². The minimum Gasteiger partial charge on any atom is -0.548 e. The van der Waals surface area contributed by atoms with E-state index in [2.05, 4.69) is 4.74 Å². The number of benzene rings is 1. The molecule has 0 bridgehead atoms. The van der Waals surface area contributed by atoms with Crippen molar-refractivity contribution < 1.29 is 24.2 Å². The summed E-state index contributed by atoms with van der Waals surface area (Å²) in [6, 6.07) is 5.42. The van der Waals surface area contributed by atoms with Crippen LogP contribution < -0.4 is 5.11 Å². The van der Waals surface area contributed by atoms with E-state index in [-0.39, 0.29) is 16.7 Å². The molecule has 0 spiro atoms. The number of hydrogen-bond donors (Lipinski definition) is 0. The summed E-state index contributed by atoms with van der Waals surface area (Å²) in [6.45, 7) is 3.73. The highest BCUT2D eigenvalue weighted by Gasteiger charge is 2.37. The predicted octanol–water partition coefficient (Wildman–Crippen LogP) is 1.84. The number of rotatable bonds is 6. The molecule has 6 nitrogen and oxygen atoms in total. The van der Waals surface area contributed by atoms with Crippen LogP contribution in [0.2, 0.25) is 0 Å². The fourth-order valence-electron chi connectivity index (χ4n) is 2.49. The topological polar surface area (TPSA) is 86.7 Å². The van der Waals surface area contributed by atoms with Gasteiger partial charge < -0.3 is 14.6 Å². The maximum atomic E-state index is 12.7. The first-order valence-electron chi connectivity index (χ1n) is 7.91. The predicted molar refractivity (Wildman–Crippen MR) is 101 cm³/mol. The van der Waals surface area contributed by atoms with Gasteiger partial charge in [-0.2, -0.15) is 0 Å². The molecule has 1 amide bonds. The van der Waals surface area contributed by atoms with Gasteiger partial charge in [-0.05, 0) is 36.1 Å². The van der Waals surface area contributed by atoms with Gasteiger partial charge in [0.1, 0.15) is 4.32 Å². The Kier molecular flexibility index (Phi) is 6.55. The highest BCUT2D eigenvalue weighted by molar-refractivity contribution is 8.26. The van der Waals surface area contributed by atoms with Crippen molar-refractivity contribution in [2.75, 3.05) is 7.11 Å². The molecule has 8 heteroatoms. The fraction of sp³-hybridized carbons (Fsp3) is 0.333. The molecule has 1 atom stereocenters. The molecule has 2 rings (SSSR count). The highest BCUT2D eigenvalue weighted by atomic mass is 32.2. The lowest BCUT2D eigenvalue weighted by Gasteiger charge is -2.28. The van der Waals surface area contributed by atoms with E-state index in [0.29, 0.717) is 16.0 Å². The van der Waals surface area contributed by atoms with Crippen molar-refractivity contribution in [3.8, 4) is 0 Å². The summed E-state index contributed by atoms with van der Waals surface area (Å²) in [7, 11) is 1.30. The van der Waals surface area contributed by atoms with Crippen LogP contribution in [0.1, 0.15) is 36.2 Å². The maximum absolute atomic E-state index is 12.7. The maximum Gasteiger partial charge on any atom is 0.337 e. The summed E-state index contributed by atoms with van der Waals surface area (Å²) in [5.74, 6) is -2.16. The number of thiocarbonyl (C=S) groups is 1. The van der Waals surface area contributed by atoms with Crippen molar-refractivity contribution in [2.24, 2.45) is 5.92 Å². The highest BCUT2D eigenvalue weighted by Crippen LogP contribution is 2.35. The van der Waals surface area contributed by atoms with Crippen molar-refractivity contribution in [3.05, 3.63) is 40.3 Å². The molecule has 1 heterocycles. The van der Waals surface area contributed by atoms with E-state index < -0.39 is 23.9 Å². The van der Waals surface area contributed by atoms with E-state index in [1.165, 1.54) is 7.11 Å². The zero-order chi connectivity index (χ0) is 19.4. The third-order valence-electron chi connectivity index (χ3n) is 3.73. The van der Waals surface area contributed by atoms with Crippen LogP contribution in [-0.2, 0) is 14.3 Å². The molecule has 0 radical (unpaired) electrons. The summed E-state index contributed by atoms with van der Waals surface area (Å²) in [5.41, 5.74) is 1.08. The first-order valence-corrected chi connectivity index (χ1v) is 9.13. The van der Waals surface area contributed by atoms with Crippen LogP contribution in [-0.4, -0.2) is 40.2 Å². The van der Waals surface area contributed by atoms with Crippen molar-refractivity contribution in [1.29, 1.82) is 0 Å². The number of amides is 1. The van der Waals surface area contributed by atoms with Crippen molar-refractivity contribution in [3.63, 3.8) is 0 Å². The van der Waals surface area contributed by atoms with Gasteiger partial charge in [-0.25, -0.2) is 4.79 Å². The molecule has 1 aliphatic rings. The number of hydrogen-bond acceptors (Lipinski definition) is 7. The summed E-state index contributed by atoms with van der Waals surface area (Å²) in [4.78, 5) is 37.0. The first-order chi connectivity index (χ1) is 12.2. The van der Waals surface area contributed by atoms with Crippen LogP contribution in [0, 0.1) is 5.92 Å². The van der Waals surface area contributed by atoms with Gasteiger partial charge in [0.2, 0.25) is 0 Å². The zero-order valence-corrected chi connectivity index (χ0v) is 16.2. The Morgan fingerprint density at radius 1 is 1.31 bits per heavy atom. The van der Waals surface area contributed by atoms with Gasteiger partial charge in [-0.1, -0.05) is 50.0 Å². The van der Waals surface area contributed by atoms with E-state index >= 15 is 0 Å². The van der Waals surface area contributed by atoms with E-state index in [0.717, 1.165) is 16.7 Å². The summed E-state index contributed by atoms with van der Waals surface area (Å²) < 4.78 is 4.83. The number of carbonyl (C=O) groups is 3. The third-order valence-corrected chi connectivity index (χ3v) is 5.06. The molecule has 0 unspecified atom stereocenters. The normalized spacial score (nSPS) is 17.1. The van der Waals surface area contributed by atoms with Gasteiger partial charge in [0.15, 0.2) is 0 Å². The monoisotopic (exact) mass is 392 g/mol. The summed E-state index contributed by atoms with van der Waals surface area (Å²) in [5, 5.41) is 11.5. The minimum atomic E-state index is -1.32. The van der Waals surface area contributed by atoms with Gasteiger partial charge in [0.05, 0.1) is 29.6 Å². The molecule has 1 fully saturated rings. The van der Waals surface area contributed by atoms with Crippen LogP contribution in [0.25, 0.3) is 6.08 Å². The lowest BCUT2D eigenvalue weighted by molar-refractivity contribution is -0.310. The number of esters is 1. The van der Waals surface area contributed by atoms with Crippen molar-refractivity contribution in [1.82, 2.24) is 4.90 Å². The standard InChI is InChI=1S/C18H19NO5S2/c1-10(2)8-13(16(21)22)19-15(20)14(26-18(19)25)9-11-4-6-12(7-5-11)17(23)24-3/h4-7,9-10,13H,8H2,1-3H3,(H,21,22)/p-1/b14-9-/t13-/m1/s1. The third kappa shape index (κ3) is 4.50. The quantitative estimate of drug-likeness (QED) is 0.415. The second-order valence-corrected chi connectivity index (χ2v) is 7.81. The molecule has 1 aliphatic heterocycles. The number of carboxylic acid groups (broad SMARTS) is 1. The molecule has 26 heavy (non-hydrogen) atoms. The Bertz CT molecular complexity index is 770. The smallest absolute Gasteiger partial charge is 0.337 e. The SMILES string of the molecule is COC(=O)c1ccc(/C=C2\SC(=S)N([C@H](CC(C)C)C(=O)[O-])C2=O)cc1. The van der Waals surface area contributed by atoms with Gasteiger partial charge in [-0.15, -0.1) is 0 Å². The van der Waals surface area contributed by atoms with Crippen LogP contribution in [0.15, 0.2) is 29.2 Å². The van der Waals surface area contributed by atoms with E-state index in [1.54, 1.807) is 30.3 Å². The number of nitrogens with zero attached hydrogens (tertiary/aromatic N) is 1. The second-order valence-electron chi connectivity index (χ2n) is 6.13. The molecule has 0 N–H and O–H groups in total. The summed E-state index contributed by atoms with van der Waals surface area (Å²) in [6.07, 6.45) is 1.87. The van der Waals surface area contributed by atoms with Gasteiger partial charge in [0, 0.05) is 0 Å². The first kappa shape index (κ1) is 20.1. The molecular formula is C18H18NO5S2-. The summed E-state index contributed by atoms with van der Waals surface area (Å²) >= 11 is 6.26. The van der Waals surface area contributed by atoms with Gasteiger partial charge in [-0.3, -0.25) is 9.69 Å².